The molecule has 2 atom stereocenters. The summed E-state index contributed by atoms with van der Waals surface area (Å²) in [6.45, 7) is 2.57. The van der Waals surface area contributed by atoms with Crippen molar-refractivity contribution in [2.75, 3.05) is 20.8 Å². The summed E-state index contributed by atoms with van der Waals surface area (Å²) in [6, 6.07) is 13.4. The molecule has 168 valence electrons. The first-order valence-electron chi connectivity index (χ1n) is 11.0. The predicted molar refractivity (Wildman–Crippen MR) is 121 cm³/mol. The van der Waals surface area contributed by atoms with Crippen molar-refractivity contribution >= 4 is 11.7 Å². The summed E-state index contributed by atoms with van der Waals surface area (Å²) in [5.41, 5.74) is 3.28. The monoisotopic (exact) mass is 435 g/mol. The van der Waals surface area contributed by atoms with Crippen LogP contribution >= 0.6 is 0 Å². The van der Waals surface area contributed by atoms with Crippen LogP contribution in [0.25, 0.3) is 0 Å². The zero-order valence-corrected chi connectivity index (χ0v) is 18.8. The molecule has 1 aliphatic carbocycles. The Morgan fingerprint density at radius 1 is 1.00 bits per heavy atom. The molecule has 1 aliphatic heterocycles. The van der Waals surface area contributed by atoms with Gasteiger partial charge in [-0.1, -0.05) is 31.2 Å². The van der Waals surface area contributed by atoms with Crippen molar-refractivity contribution in [1.82, 2.24) is 5.32 Å². The Morgan fingerprint density at radius 3 is 2.56 bits per heavy atom. The van der Waals surface area contributed by atoms with Gasteiger partial charge in [0.05, 0.1) is 20.8 Å². The van der Waals surface area contributed by atoms with Crippen molar-refractivity contribution in [3.8, 4) is 17.2 Å². The highest BCUT2D eigenvalue weighted by atomic mass is 16.5. The molecule has 32 heavy (non-hydrogen) atoms. The van der Waals surface area contributed by atoms with Crippen molar-refractivity contribution in [1.29, 1.82) is 0 Å². The second kappa shape index (κ2) is 9.47. The van der Waals surface area contributed by atoms with E-state index >= 15 is 0 Å². The number of Topliss-reactive ketones (excluding diaryl/α,β-unsaturated/α-hetero) is 1. The Kier molecular flexibility index (Phi) is 6.49. The maximum atomic E-state index is 13.4. The molecule has 2 aromatic carbocycles. The summed E-state index contributed by atoms with van der Waals surface area (Å²) in [5, 5.41) is 2.98. The molecule has 0 aromatic heterocycles. The van der Waals surface area contributed by atoms with Crippen LogP contribution in [0.5, 0.6) is 17.2 Å². The van der Waals surface area contributed by atoms with Crippen LogP contribution in [-0.2, 0) is 9.59 Å². The normalized spacial score (nSPS) is 20.5. The van der Waals surface area contributed by atoms with Crippen LogP contribution in [0.4, 0.5) is 0 Å². The standard InChI is InChI=1S/C26H29NO5/c1-4-11-32-26-19(9-6-10-23(26)31-3)20-15-24(29)27-21-13-17(14-22(28)25(20)21)16-7-5-8-18(12-16)30-2/h5-10,12,17,20H,4,11,13-15H2,1-3H3,(H,27,29). The van der Waals surface area contributed by atoms with E-state index in [1.54, 1.807) is 14.2 Å². The number of hydrogen-bond acceptors (Lipinski definition) is 5. The lowest BCUT2D eigenvalue weighted by Gasteiger charge is -2.35. The van der Waals surface area contributed by atoms with Gasteiger partial charge in [0.15, 0.2) is 17.3 Å². The first-order valence-corrected chi connectivity index (χ1v) is 11.0. The topological polar surface area (TPSA) is 73.9 Å². The van der Waals surface area contributed by atoms with E-state index in [4.69, 9.17) is 14.2 Å². The molecule has 0 spiro atoms. The fourth-order valence-corrected chi connectivity index (χ4v) is 4.68. The molecule has 0 bridgehead atoms. The highest BCUT2D eigenvalue weighted by molar-refractivity contribution is 6.02. The van der Waals surface area contributed by atoms with Crippen molar-refractivity contribution in [3.05, 3.63) is 64.9 Å². The van der Waals surface area contributed by atoms with Crippen LogP contribution in [-0.4, -0.2) is 32.5 Å². The van der Waals surface area contributed by atoms with Gasteiger partial charge >= 0.3 is 0 Å². The molecule has 6 nitrogen and oxygen atoms in total. The highest BCUT2D eigenvalue weighted by Crippen LogP contribution is 2.46. The minimum atomic E-state index is -0.348. The largest absolute Gasteiger partial charge is 0.497 e. The van der Waals surface area contributed by atoms with E-state index in [2.05, 4.69) is 5.32 Å². The van der Waals surface area contributed by atoms with Crippen molar-refractivity contribution < 1.29 is 23.8 Å². The number of allylic oxidation sites excluding steroid dienone is 2. The molecular formula is C26H29NO5. The van der Waals surface area contributed by atoms with Gasteiger partial charge in [-0.2, -0.15) is 0 Å². The minimum Gasteiger partial charge on any atom is -0.497 e. The minimum absolute atomic E-state index is 0.00322. The summed E-state index contributed by atoms with van der Waals surface area (Å²) in [4.78, 5) is 26.1. The summed E-state index contributed by atoms with van der Waals surface area (Å²) >= 11 is 0. The van der Waals surface area contributed by atoms with Gasteiger partial charge in [-0.3, -0.25) is 9.59 Å². The second-order valence-electron chi connectivity index (χ2n) is 8.23. The zero-order chi connectivity index (χ0) is 22.7. The molecule has 2 aliphatic rings. The molecule has 0 saturated carbocycles. The van der Waals surface area contributed by atoms with Crippen molar-refractivity contribution in [2.45, 2.75) is 44.4 Å². The number of ketones is 1. The Morgan fingerprint density at radius 2 is 1.81 bits per heavy atom. The lowest BCUT2D eigenvalue weighted by atomic mass is 9.73. The van der Waals surface area contributed by atoms with E-state index in [0.29, 0.717) is 36.5 Å². The second-order valence-corrected chi connectivity index (χ2v) is 8.23. The number of rotatable bonds is 7. The van der Waals surface area contributed by atoms with Gasteiger partial charge in [0, 0.05) is 35.6 Å². The van der Waals surface area contributed by atoms with E-state index in [-0.39, 0.29) is 29.9 Å². The van der Waals surface area contributed by atoms with Crippen LogP contribution < -0.4 is 19.5 Å². The number of amides is 1. The van der Waals surface area contributed by atoms with Crippen LogP contribution in [0.15, 0.2) is 53.7 Å². The average molecular weight is 436 g/mol. The number of para-hydroxylation sites is 1. The fraction of sp³-hybridized carbons (Fsp3) is 0.385. The van der Waals surface area contributed by atoms with Crippen LogP contribution in [0.1, 0.15) is 55.6 Å². The summed E-state index contributed by atoms with van der Waals surface area (Å²) in [6.07, 6.45) is 2.06. The van der Waals surface area contributed by atoms with Gasteiger partial charge in [0.2, 0.25) is 5.91 Å². The Bertz CT molecular complexity index is 1060. The third-order valence-corrected chi connectivity index (χ3v) is 6.16. The average Bonchev–Trinajstić information content (AvgIpc) is 2.81. The summed E-state index contributed by atoms with van der Waals surface area (Å²) in [7, 11) is 3.23. The number of carbonyl (C=O) groups excluding carboxylic acids is 2. The van der Waals surface area contributed by atoms with Crippen molar-refractivity contribution in [3.63, 3.8) is 0 Å². The third-order valence-electron chi connectivity index (χ3n) is 6.16. The maximum absolute atomic E-state index is 13.4. The smallest absolute Gasteiger partial charge is 0.225 e. The number of nitrogens with one attached hydrogen (secondary N) is 1. The van der Waals surface area contributed by atoms with Gasteiger partial charge in [-0.05, 0) is 42.5 Å². The highest BCUT2D eigenvalue weighted by Gasteiger charge is 2.39. The molecule has 2 aromatic rings. The van der Waals surface area contributed by atoms with Crippen LogP contribution in [0, 0.1) is 0 Å². The third kappa shape index (κ3) is 4.22. The SMILES string of the molecule is CCCOc1c(OC)cccc1C1CC(=O)NC2=C1C(=O)CC(c1cccc(OC)c1)C2. The number of benzene rings is 2. The van der Waals surface area contributed by atoms with Crippen molar-refractivity contribution in [2.24, 2.45) is 0 Å². The summed E-state index contributed by atoms with van der Waals surface area (Å²) in [5.74, 6) is 1.61. The zero-order valence-electron chi connectivity index (χ0n) is 18.8. The van der Waals surface area contributed by atoms with Gasteiger partial charge in [0.25, 0.3) is 0 Å². The van der Waals surface area contributed by atoms with E-state index in [9.17, 15) is 9.59 Å². The quantitative estimate of drug-likeness (QED) is 0.693. The number of methoxy groups -OCH3 is 2. The summed E-state index contributed by atoms with van der Waals surface area (Å²) < 4.78 is 16.9. The van der Waals surface area contributed by atoms with Crippen LogP contribution in [0.2, 0.25) is 0 Å². The van der Waals surface area contributed by atoms with E-state index in [0.717, 1.165) is 29.0 Å². The molecule has 1 heterocycles. The molecule has 1 amide bonds. The van der Waals surface area contributed by atoms with E-state index < -0.39 is 0 Å². The molecule has 6 heteroatoms. The molecule has 4 rings (SSSR count). The number of ether oxygens (including phenoxy) is 3. The fourth-order valence-electron chi connectivity index (χ4n) is 4.68. The lowest BCUT2D eigenvalue weighted by molar-refractivity contribution is -0.122. The molecule has 0 saturated heterocycles. The predicted octanol–water partition coefficient (Wildman–Crippen LogP) is 4.50. The van der Waals surface area contributed by atoms with E-state index in [1.165, 1.54) is 0 Å². The maximum Gasteiger partial charge on any atom is 0.225 e. The van der Waals surface area contributed by atoms with Gasteiger partial charge in [-0.25, -0.2) is 0 Å². The first kappa shape index (κ1) is 21.9. The number of carbonyl (C=O) groups is 2. The molecule has 2 unspecified atom stereocenters. The van der Waals surface area contributed by atoms with Gasteiger partial charge in [-0.15, -0.1) is 0 Å². The molecule has 0 radical (unpaired) electrons. The Labute approximate surface area is 188 Å². The Balaban J connectivity index is 1.74. The van der Waals surface area contributed by atoms with Crippen LogP contribution in [0.3, 0.4) is 0 Å². The number of hydrogen-bond donors (Lipinski definition) is 1. The Hall–Kier alpha value is -3.28. The van der Waals surface area contributed by atoms with Gasteiger partial charge in [0.1, 0.15) is 5.75 Å². The van der Waals surface area contributed by atoms with Gasteiger partial charge < -0.3 is 19.5 Å². The molecule has 1 N–H and O–H groups in total. The molecular weight excluding hydrogens is 406 g/mol. The lowest BCUT2D eigenvalue weighted by Crippen LogP contribution is -2.38. The van der Waals surface area contributed by atoms with E-state index in [1.807, 2.05) is 49.4 Å². The first-order chi connectivity index (χ1) is 15.5. The molecule has 0 fully saturated rings.